The number of anilines is 1. The number of carbonyl (C=O) groups excluding carboxylic acids is 1. The summed E-state index contributed by atoms with van der Waals surface area (Å²) >= 11 is 6.81. The summed E-state index contributed by atoms with van der Waals surface area (Å²) in [7, 11) is 0. The molecule has 1 amide bonds. The molecule has 0 unspecified atom stereocenters. The van der Waals surface area contributed by atoms with Crippen LogP contribution >= 0.6 is 31.9 Å². The Bertz CT molecular complexity index is 815. The van der Waals surface area contributed by atoms with Gasteiger partial charge in [-0.2, -0.15) is 5.10 Å². The van der Waals surface area contributed by atoms with Crippen LogP contribution < -0.4 is 5.32 Å². The fraction of sp³-hybridized carbons (Fsp3) is 0. The van der Waals surface area contributed by atoms with Crippen LogP contribution in [0.4, 0.5) is 5.69 Å². The van der Waals surface area contributed by atoms with Gasteiger partial charge in [-0.15, -0.1) is 0 Å². The maximum Gasteiger partial charge on any atom is 0.258 e. The molecule has 0 atom stereocenters. The van der Waals surface area contributed by atoms with Crippen molar-refractivity contribution in [1.29, 1.82) is 0 Å². The lowest BCUT2D eigenvalue weighted by Crippen LogP contribution is -2.11. The average molecular weight is 421 g/mol. The Labute approximate surface area is 144 Å². The number of aromatic nitrogens is 2. The van der Waals surface area contributed by atoms with Crippen molar-refractivity contribution in [3.63, 3.8) is 0 Å². The number of amides is 1. The van der Waals surface area contributed by atoms with Gasteiger partial charge >= 0.3 is 0 Å². The second kappa shape index (κ2) is 6.46. The van der Waals surface area contributed by atoms with Crippen molar-refractivity contribution in [1.82, 2.24) is 9.78 Å². The lowest BCUT2D eigenvalue weighted by atomic mass is 10.3. The summed E-state index contributed by atoms with van der Waals surface area (Å²) in [5, 5.41) is 7.09. The predicted molar refractivity (Wildman–Crippen MR) is 93.4 cm³/mol. The molecule has 0 aliphatic carbocycles. The molecule has 22 heavy (non-hydrogen) atoms. The number of rotatable bonds is 3. The number of hydrogen-bond acceptors (Lipinski definition) is 2. The number of nitrogens with one attached hydrogen (secondary N) is 1. The summed E-state index contributed by atoms with van der Waals surface area (Å²) in [6, 6.07) is 15.2. The van der Waals surface area contributed by atoms with Crippen LogP contribution in [-0.2, 0) is 0 Å². The fourth-order valence-corrected chi connectivity index (χ4v) is 2.66. The van der Waals surface area contributed by atoms with Gasteiger partial charge in [0, 0.05) is 15.1 Å². The highest BCUT2D eigenvalue weighted by Crippen LogP contribution is 2.26. The van der Waals surface area contributed by atoms with E-state index < -0.39 is 0 Å². The molecule has 2 aromatic carbocycles. The number of nitrogens with zero attached hydrogens (tertiary/aromatic N) is 2. The van der Waals surface area contributed by atoms with Crippen LogP contribution in [-0.4, -0.2) is 15.7 Å². The molecule has 110 valence electrons. The Hall–Kier alpha value is -1.92. The molecule has 1 aromatic heterocycles. The summed E-state index contributed by atoms with van der Waals surface area (Å²) in [6.45, 7) is 0. The molecule has 4 nitrogen and oxygen atoms in total. The maximum atomic E-state index is 12.3. The van der Waals surface area contributed by atoms with Crippen molar-refractivity contribution in [3.05, 3.63) is 75.4 Å². The van der Waals surface area contributed by atoms with Gasteiger partial charge in [0.1, 0.15) is 0 Å². The van der Waals surface area contributed by atoms with Gasteiger partial charge in [-0.25, -0.2) is 4.68 Å². The van der Waals surface area contributed by atoms with Crippen LogP contribution in [0.3, 0.4) is 0 Å². The van der Waals surface area contributed by atoms with Crippen molar-refractivity contribution < 1.29 is 4.79 Å². The van der Waals surface area contributed by atoms with E-state index in [0.29, 0.717) is 11.3 Å². The van der Waals surface area contributed by atoms with Gasteiger partial charge in [-0.05, 0) is 46.3 Å². The van der Waals surface area contributed by atoms with E-state index in [0.717, 1.165) is 14.6 Å². The van der Waals surface area contributed by atoms with Gasteiger partial charge in [0.2, 0.25) is 0 Å². The summed E-state index contributed by atoms with van der Waals surface area (Å²) in [6.07, 6.45) is 3.25. The highest BCUT2D eigenvalue weighted by Gasteiger charge is 2.11. The predicted octanol–water partition coefficient (Wildman–Crippen LogP) is 4.65. The Balaban J connectivity index is 1.81. The van der Waals surface area contributed by atoms with E-state index in [1.54, 1.807) is 17.1 Å². The number of hydrogen-bond donors (Lipinski definition) is 1. The van der Waals surface area contributed by atoms with Crippen molar-refractivity contribution in [2.24, 2.45) is 0 Å². The molecule has 0 saturated heterocycles. The monoisotopic (exact) mass is 419 g/mol. The van der Waals surface area contributed by atoms with E-state index in [2.05, 4.69) is 42.3 Å². The standard InChI is InChI=1S/C16H11Br2N3O/c17-12-6-7-14(18)15(8-12)20-16(22)11-9-19-21(10-11)13-4-2-1-3-5-13/h1-10H,(H,20,22). The van der Waals surface area contributed by atoms with Crippen LogP contribution in [0.1, 0.15) is 10.4 Å². The Morgan fingerprint density at radius 2 is 1.86 bits per heavy atom. The van der Waals surface area contributed by atoms with Crippen LogP contribution in [0.15, 0.2) is 69.9 Å². The molecular weight excluding hydrogens is 410 g/mol. The number of para-hydroxylation sites is 1. The Morgan fingerprint density at radius 1 is 1.09 bits per heavy atom. The number of benzene rings is 2. The van der Waals surface area contributed by atoms with Gasteiger partial charge in [-0.3, -0.25) is 4.79 Å². The first-order valence-corrected chi connectivity index (χ1v) is 8.08. The molecule has 1 heterocycles. The van der Waals surface area contributed by atoms with Crippen LogP contribution in [0.2, 0.25) is 0 Å². The van der Waals surface area contributed by atoms with E-state index >= 15 is 0 Å². The van der Waals surface area contributed by atoms with E-state index in [1.165, 1.54) is 0 Å². The molecule has 0 saturated carbocycles. The highest BCUT2D eigenvalue weighted by atomic mass is 79.9. The van der Waals surface area contributed by atoms with Gasteiger partial charge in [0.15, 0.2) is 0 Å². The molecule has 6 heteroatoms. The summed E-state index contributed by atoms with van der Waals surface area (Å²) in [5.41, 5.74) is 2.10. The van der Waals surface area contributed by atoms with Crippen molar-refractivity contribution in [3.8, 4) is 5.69 Å². The van der Waals surface area contributed by atoms with Crippen LogP contribution in [0, 0.1) is 0 Å². The number of carbonyl (C=O) groups is 1. The zero-order chi connectivity index (χ0) is 15.5. The molecule has 3 rings (SSSR count). The molecule has 3 aromatic rings. The third-order valence-corrected chi connectivity index (χ3v) is 4.23. The molecule has 0 aliphatic heterocycles. The smallest absolute Gasteiger partial charge is 0.258 e. The molecule has 0 fully saturated rings. The van der Waals surface area contributed by atoms with E-state index in [9.17, 15) is 4.79 Å². The molecule has 1 N–H and O–H groups in total. The van der Waals surface area contributed by atoms with Gasteiger partial charge < -0.3 is 5.32 Å². The SMILES string of the molecule is O=C(Nc1cc(Br)ccc1Br)c1cnn(-c2ccccc2)c1. The van der Waals surface area contributed by atoms with Crippen molar-refractivity contribution in [2.75, 3.05) is 5.32 Å². The van der Waals surface area contributed by atoms with E-state index in [4.69, 9.17) is 0 Å². The summed E-state index contributed by atoms with van der Waals surface area (Å²) < 4.78 is 3.38. The van der Waals surface area contributed by atoms with Crippen LogP contribution in [0.25, 0.3) is 5.69 Å². The topological polar surface area (TPSA) is 46.9 Å². The first kappa shape index (κ1) is 15.0. The second-order valence-electron chi connectivity index (χ2n) is 4.59. The third-order valence-electron chi connectivity index (χ3n) is 3.04. The zero-order valence-corrected chi connectivity index (χ0v) is 14.5. The summed E-state index contributed by atoms with van der Waals surface area (Å²) in [4.78, 5) is 12.3. The normalized spacial score (nSPS) is 10.5. The van der Waals surface area contributed by atoms with E-state index in [1.807, 2.05) is 48.5 Å². The van der Waals surface area contributed by atoms with Crippen molar-refractivity contribution in [2.45, 2.75) is 0 Å². The quantitative estimate of drug-likeness (QED) is 0.670. The van der Waals surface area contributed by atoms with E-state index in [-0.39, 0.29) is 5.91 Å². The Morgan fingerprint density at radius 3 is 2.64 bits per heavy atom. The maximum absolute atomic E-state index is 12.3. The minimum atomic E-state index is -0.207. The van der Waals surface area contributed by atoms with Crippen molar-refractivity contribution >= 4 is 43.5 Å². The largest absolute Gasteiger partial charge is 0.321 e. The van der Waals surface area contributed by atoms with Gasteiger partial charge in [0.05, 0.1) is 23.1 Å². The minimum absolute atomic E-state index is 0.207. The molecular formula is C16H11Br2N3O. The summed E-state index contributed by atoms with van der Waals surface area (Å²) in [5.74, 6) is -0.207. The first-order chi connectivity index (χ1) is 10.6. The molecule has 0 spiro atoms. The first-order valence-electron chi connectivity index (χ1n) is 6.50. The Kier molecular flexibility index (Phi) is 4.40. The second-order valence-corrected chi connectivity index (χ2v) is 6.36. The zero-order valence-electron chi connectivity index (χ0n) is 11.3. The average Bonchev–Trinajstić information content (AvgIpc) is 3.02. The molecule has 0 aliphatic rings. The third kappa shape index (κ3) is 3.28. The molecule has 0 bridgehead atoms. The lowest BCUT2D eigenvalue weighted by molar-refractivity contribution is 0.102. The van der Waals surface area contributed by atoms with Crippen LogP contribution in [0.5, 0.6) is 0 Å². The highest BCUT2D eigenvalue weighted by molar-refractivity contribution is 9.11. The fourth-order valence-electron chi connectivity index (χ4n) is 1.95. The minimum Gasteiger partial charge on any atom is -0.321 e. The number of halogens is 2. The van der Waals surface area contributed by atoms with Gasteiger partial charge in [0.25, 0.3) is 5.91 Å². The molecule has 0 radical (unpaired) electrons. The van der Waals surface area contributed by atoms with Gasteiger partial charge in [-0.1, -0.05) is 34.1 Å². The lowest BCUT2D eigenvalue weighted by Gasteiger charge is -2.06.